The molecular weight excluding hydrogens is 195 g/mol. The summed E-state index contributed by atoms with van der Waals surface area (Å²) in [7, 11) is 0. The molecule has 0 amide bonds. The number of hydrogen-bond donors (Lipinski definition) is 0. The third kappa shape index (κ3) is 8.40. The molecule has 1 rings (SSSR count). The van der Waals surface area contributed by atoms with Gasteiger partial charge in [0.15, 0.2) is 16.4 Å². The van der Waals surface area contributed by atoms with Gasteiger partial charge in [-0.15, -0.1) is 0 Å². The van der Waals surface area contributed by atoms with Crippen LogP contribution in [-0.4, -0.2) is 23.1 Å². The van der Waals surface area contributed by atoms with Crippen molar-refractivity contribution in [1.82, 2.24) is 0 Å². The molecule has 0 spiro atoms. The van der Waals surface area contributed by atoms with Crippen LogP contribution >= 0.6 is 16.4 Å². The number of rotatable bonds is 0. The average Bonchev–Trinajstić information content (AvgIpc) is 1.96. The maximum Gasteiger partial charge on any atom is 2.00 e. The summed E-state index contributed by atoms with van der Waals surface area (Å²) < 4.78 is 9.31. The molecule has 0 nitrogen and oxygen atoms in total. The van der Waals surface area contributed by atoms with Crippen molar-refractivity contribution in [3.05, 3.63) is 36.4 Å². The van der Waals surface area contributed by atoms with E-state index in [0.29, 0.717) is 0 Å². The predicted octanol–water partition coefficient (Wildman–Crippen LogP) is 2.80. The van der Waals surface area contributed by atoms with Crippen LogP contribution in [0.4, 0.5) is 3.56 Å². The Labute approximate surface area is 82.2 Å². The van der Waals surface area contributed by atoms with E-state index in [-0.39, 0.29) is 25.9 Å². The fourth-order valence-electron chi connectivity index (χ4n) is 0.385. The summed E-state index contributed by atoms with van der Waals surface area (Å²) in [5.74, 6) is 0. The van der Waals surface area contributed by atoms with E-state index < -0.39 is 0 Å². The molecule has 1 aromatic carbocycles. The first-order valence-corrected chi connectivity index (χ1v) is 2.74. The largest absolute Gasteiger partial charge is 2.00 e. The predicted molar refractivity (Wildman–Crippen MR) is 44.5 cm³/mol. The van der Waals surface area contributed by atoms with E-state index in [9.17, 15) is 3.56 Å². The maximum atomic E-state index is 9.31. The van der Waals surface area contributed by atoms with Gasteiger partial charge >= 0.3 is 23.1 Å². The summed E-state index contributed by atoms with van der Waals surface area (Å²) in [5, 5.41) is 0. The Balaban J connectivity index is -0.0000000459. The van der Waals surface area contributed by atoms with Gasteiger partial charge in [-0.25, -0.2) is 0 Å². The SMILES string of the molecule is FBr.[H-].[H-].[Mg+2].c1ccccc1. The van der Waals surface area contributed by atoms with E-state index in [4.69, 9.17) is 0 Å². The van der Waals surface area contributed by atoms with Crippen LogP contribution in [0.1, 0.15) is 2.85 Å². The van der Waals surface area contributed by atoms with Crippen molar-refractivity contribution < 1.29 is 6.41 Å². The molecule has 0 aliphatic rings. The standard InChI is InChI=1S/C6H6.BrF.Mg.2H/c1-2-4-6-5-3-1;1-2;;;/h1-6H;;;;/q;;+2;2*-1. The first-order chi connectivity index (χ1) is 4.00. The zero-order valence-electron chi connectivity index (χ0n) is 6.93. The molecule has 0 saturated heterocycles. The van der Waals surface area contributed by atoms with Gasteiger partial charge in [0.05, 0.1) is 0 Å². The van der Waals surface area contributed by atoms with Gasteiger partial charge in [0.1, 0.15) is 0 Å². The van der Waals surface area contributed by atoms with Gasteiger partial charge in [0.2, 0.25) is 0 Å². The number of benzene rings is 1. The van der Waals surface area contributed by atoms with Crippen LogP contribution in [0, 0.1) is 0 Å². The van der Waals surface area contributed by atoms with Crippen molar-refractivity contribution in [2.45, 2.75) is 0 Å². The zero-order chi connectivity index (χ0) is 6.24. The van der Waals surface area contributed by atoms with Gasteiger partial charge in [-0.1, -0.05) is 36.4 Å². The maximum absolute atomic E-state index is 9.31. The van der Waals surface area contributed by atoms with Crippen LogP contribution in [0.3, 0.4) is 0 Å². The Morgan fingerprint density at radius 3 is 1.00 bits per heavy atom. The molecule has 0 saturated carbocycles. The quantitative estimate of drug-likeness (QED) is 0.569. The zero-order valence-corrected chi connectivity index (χ0v) is 7.93. The molecule has 0 fully saturated rings. The Morgan fingerprint density at radius 2 is 0.889 bits per heavy atom. The Kier molecular flexibility index (Phi) is 15.1. The van der Waals surface area contributed by atoms with Crippen LogP contribution in [0.15, 0.2) is 36.4 Å². The van der Waals surface area contributed by atoms with Crippen LogP contribution in [0.25, 0.3) is 0 Å². The van der Waals surface area contributed by atoms with Gasteiger partial charge < -0.3 is 2.85 Å². The Morgan fingerprint density at radius 1 is 0.778 bits per heavy atom. The minimum atomic E-state index is 0. The smallest absolute Gasteiger partial charge is 1.00 e. The van der Waals surface area contributed by atoms with Gasteiger partial charge in [-0.2, -0.15) is 3.56 Å². The molecule has 9 heavy (non-hydrogen) atoms. The van der Waals surface area contributed by atoms with Crippen LogP contribution in [0.2, 0.25) is 0 Å². The van der Waals surface area contributed by atoms with Gasteiger partial charge in [0.25, 0.3) is 0 Å². The van der Waals surface area contributed by atoms with E-state index in [1.165, 1.54) is 16.4 Å². The second kappa shape index (κ2) is 11.2. The van der Waals surface area contributed by atoms with Crippen LogP contribution in [-0.2, 0) is 0 Å². The third-order valence-corrected chi connectivity index (χ3v) is 0.667. The topological polar surface area (TPSA) is 0 Å². The molecule has 1 aromatic rings. The summed E-state index contributed by atoms with van der Waals surface area (Å²) in [5.41, 5.74) is 0. The van der Waals surface area contributed by atoms with Crippen molar-refractivity contribution in [2.24, 2.45) is 0 Å². The molecule has 0 bridgehead atoms. The first kappa shape index (κ1) is 12.1. The van der Waals surface area contributed by atoms with E-state index in [1.807, 2.05) is 36.4 Å². The summed E-state index contributed by atoms with van der Waals surface area (Å²) >= 11 is 1.44. The molecule has 0 aromatic heterocycles. The van der Waals surface area contributed by atoms with Crippen molar-refractivity contribution in [3.63, 3.8) is 0 Å². The van der Waals surface area contributed by atoms with Crippen molar-refractivity contribution in [3.8, 4) is 0 Å². The molecule has 0 radical (unpaired) electrons. The molecular formula is C6H8BrFMg. The third-order valence-electron chi connectivity index (χ3n) is 0.667. The normalized spacial score (nSPS) is 6.00. The molecule has 48 valence electrons. The fraction of sp³-hybridized carbons (Fsp3) is 0. The van der Waals surface area contributed by atoms with Crippen LogP contribution in [0.5, 0.6) is 0 Å². The Bertz CT molecular complexity index is 92.5. The molecule has 0 heterocycles. The van der Waals surface area contributed by atoms with Crippen LogP contribution < -0.4 is 0 Å². The summed E-state index contributed by atoms with van der Waals surface area (Å²) in [6.07, 6.45) is 0. The molecule has 0 aliphatic carbocycles. The summed E-state index contributed by atoms with van der Waals surface area (Å²) in [4.78, 5) is 0. The average molecular weight is 203 g/mol. The first-order valence-electron chi connectivity index (χ1n) is 2.14. The number of halogens is 2. The molecule has 0 atom stereocenters. The van der Waals surface area contributed by atoms with Crippen molar-refractivity contribution in [2.75, 3.05) is 0 Å². The van der Waals surface area contributed by atoms with E-state index >= 15 is 0 Å². The summed E-state index contributed by atoms with van der Waals surface area (Å²) in [6, 6.07) is 12.0. The van der Waals surface area contributed by atoms with E-state index in [0.717, 1.165) is 0 Å². The minimum Gasteiger partial charge on any atom is -1.00 e. The summed E-state index contributed by atoms with van der Waals surface area (Å²) in [6.45, 7) is 0. The number of hydrogen-bond acceptors (Lipinski definition) is 0. The fourth-order valence-corrected chi connectivity index (χ4v) is 0.385. The molecule has 0 unspecified atom stereocenters. The van der Waals surface area contributed by atoms with Gasteiger partial charge in [-0.3, -0.25) is 0 Å². The van der Waals surface area contributed by atoms with Gasteiger partial charge in [0, 0.05) is 0 Å². The second-order valence-electron chi connectivity index (χ2n) is 1.15. The molecule has 0 N–H and O–H groups in total. The molecule has 0 aliphatic heterocycles. The second-order valence-corrected chi connectivity index (χ2v) is 1.15. The van der Waals surface area contributed by atoms with E-state index in [1.54, 1.807) is 0 Å². The van der Waals surface area contributed by atoms with Crippen molar-refractivity contribution >= 4 is 39.4 Å². The Hall–Kier alpha value is 0.396. The van der Waals surface area contributed by atoms with Gasteiger partial charge in [-0.05, 0) is 0 Å². The van der Waals surface area contributed by atoms with Crippen molar-refractivity contribution in [1.29, 1.82) is 0 Å². The van der Waals surface area contributed by atoms with E-state index in [2.05, 4.69) is 0 Å². The monoisotopic (exact) mass is 202 g/mol. The molecule has 3 heteroatoms. The minimum absolute atomic E-state index is 0.